The summed E-state index contributed by atoms with van der Waals surface area (Å²) in [4.78, 5) is 14.9. The molecule has 0 radical (unpaired) electrons. The summed E-state index contributed by atoms with van der Waals surface area (Å²) in [5, 5.41) is 0.808. The zero-order valence-corrected chi connectivity index (χ0v) is 12.0. The maximum Gasteiger partial charge on any atom is 0.331 e. The van der Waals surface area contributed by atoms with E-state index in [1.54, 1.807) is 43.5 Å². The molecule has 3 aromatic rings. The molecule has 0 saturated heterocycles. The molecule has 2 aromatic carbocycles. The summed E-state index contributed by atoms with van der Waals surface area (Å²) in [5.74, 6) is 0.725. The average molecular weight is 309 g/mol. The van der Waals surface area contributed by atoms with Gasteiger partial charge in [-0.3, -0.25) is 4.57 Å². The van der Waals surface area contributed by atoms with E-state index >= 15 is 0 Å². The predicted molar refractivity (Wildman–Crippen MR) is 80.5 cm³/mol. The molecular weight excluding hydrogens is 299 g/mol. The lowest BCUT2D eigenvalue weighted by Gasteiger charge is -2.05. The first-order valence-electron chi connectivity index (χ1n) is 5.84. The van der Waals surface area contributed by atoms with E-state index in [2.05, 4.69) is 4.98 Å². The summed E-state index contributed by atoms with van der Waals surface area (Å²) in [6.07, 6.45) is 0. The molecule has 0 aliphatic carbocycles. The number of benzene rings is 2. The Morgan fingerprint density at radius 3 is 2.40 bits per heavy atom. The molecule has 1 N–H and O–H groups in total. The zero-order chi connectivity index (χ0) is 14.3. The number of hydrogen-bond donors (Lipinski definition) is 1. The predicted octanol–water partition coefficient (Wildman–Crippen LogP) is 3.63. The van der Waals surface area contributed by atoms with Crippen LogP contribution in [0.15, 0.2) is 41.2 Å². The lowest BCUT2D eigenvalue weighted by Crippen LogP contribution is -2.14. The first kappa shape index (κ1) is 13.1. The molecule has 0 spiro atoms. The highest BCUT2D eigenvalue weighted by Crippen LogP contribution is 2.27. The van der Waals surface area contributed by atoms with Gasteiger partial charge in [-0.2, -0.15) is 0 Å². The van der Waals surface area contributed by atoms with Crippen molar-refractivity contribution in [3.8, 4) is 11.4 Å². The fourth-order valence-corrected chi connectivity index (χ4v) is 2.41. The van der Waals surface area contributed by atoms with Gasteiger partial charge < -0.3 is 9.72 Å². The van der Waals surface area contributed by atoms with Crippen LogP contribution in [-0.2, 0) is 0 Å². The van der Waals surface area contributed by atoms with Gasteiger partial charge in [0.15, 0.2) is 0 Å². The summed E-state index contributed by atoms with van der Waals surface area (Å²) in [6.45, 7) is 0. The van der Waals surface area contributed by atoms with Gasteiger partial charge in [0.05, 0.1) is 33.9 Å². The van der Waals surface area contributed by atoms with Crippen molar-refractivity contribution in [2.75, 3.05) is 7.11 Å². The molecule has 3 rings (SSSR count). The molecule has 0 unspecified atom stereocenters. The number of H-pyrrole nitrogens is 1. The molecule has 4 nitrogen and oxygen atoms in total. The molecule has 0 fully saturated rings. The zero-order valence-electron chi connectivity index (χ0n) is 10.5. The molecule has 20 heavy (non-hydrogen) atoms. The van der Waals surface area contributed by atoms with Crippen molar-refractivity contribution >= 4 is 34.2 Å². The fourth-order valence-electron chi connectivity index (χ4n) is 2.09. The van der Waals surface area contributed by atoms with Crippen molar-refractivity contribution in [1.29, 1.82) is 0 Å². The molecule has 1 heterocycles. The lowest BCUT2D eigenvalue weighted by molar-refractivity contribution is 0.414. The van der Waals surface area contributed by atoms with Crippen molar-refractivity contribution in [3.63, 3.8) is 0 Å². The number of nitrogens with zero attached hydrogens (tertiary/aromatic N) is 1. The van der Waals surface area contributed by atoms with Crippen molar-refractivity contribution in [1.82, 2.24) is 9.55 Å². The van der Waals surface area contributed by atoms with Crippen LogP contribution in [0.4, 0.5) is 0 Å². The van der Waals surface area contributed by atoms with E-state index in [1.165, 1.54) is 4.57 Å². The Bertz CT molecular complexity index is 835. The minimum atomic E-state index is -0.247. The number of fused-ring (bicyclic) bond motifs is 1. The van der Waals surface area contributed by atoms with Crippen LogP contribution in [0.1, 0.15) is 0 Å². The maximum absolute atomic E-state index is 12.1. The molecule has 6 heteroatoms. The SMILES string of the molecule is COc1ccc(-n2c(=O)[nH]c3cc(Cl)c(Cl)cc32)cc1. The van der Waals surface area contributed by atoms with Gasteiger partial charge in [0.1, 0.15) is 5.75 Å². The van der Waals surface area contributed by atoms with E-state index in [4.69, 9.17) is 27.9 Å². The van der Waals surface area contributed by atoms with Crippen LogP contribution in [-0.4, -0.2) is 16.7 Å². The van der Waals surface area contributed by atoms with Crippen LogP contribution in [0.3, 0.4) is 0 Å². The Hall–Kier alpha value is -1.91. The Morgan fingerprint density at radius 2 is 1.75 bits per heavy atom. The van der Waals surface area contributed by atoms with Crippen molar-refractivity contribution < 1.29 is 4.74 Å². The Labute approximate surface area is 124 Å². The average Bonchev–Trinajstić information content (AvgIpc) is 2.75. The molecule has 0 amide bonds. The molecule has 0 aliphatic rings. The van der Waals surface area contributed by atoms with Crippen LogP contribution in [0, 0.1) is 0 Å². The van der Waals surface area contributed by atoms with Crippen LogP contribution < -0.4 is 10.4 Å². The number of hydrogen-bond acceptors (Lipinski definition) is 2. The second-order valence-electron chi connectivity index (χ2n) is 4.25. The van der Waals surface area contributed by atoms with Gasteiger partial charge in [-0.15, -0.1) is 0 Å². The third-order valence-corrected chi connectivity index (χ3v) is 3.78. The van der Waals surface area contributed by atoms with Gasteiger partial charge in [0, 0.05) is 0 Å². The number of nitrogens with one attached hydrogen (secondary N) is 1. The van der Waals surface area contributed by atoms with Crippen LogP contribution >= 0.6 is 23.2 Å². The third kappa shape index (κ3) is 2.07. The summed E-state index contributed by atoms with van der Waals surface area (Å²) in [7, 11) is 1.59. The standard InChI is InChI=1S/C14H10Cl2N2O2/c1-20-9-4-2-8(3-5-9)18-13-7-11(16)10(15)6-12(13)17-14(18)19/h2-7H,1H3,(H,17,19). The molecule has 0 saturated carbocycles. The molecule has 102 valence electrons. The van der Waals surface area contributed by atoms with Gasteiger partial charge >= 0.3 is 5.69 Å². The van der Waals surface area contributed by atoms with Crippen molar-refractivity contribution in [2.45, 2.75) is 0 Å². The van der Waals surface area contributed by atoms with E-state index in [0.29, 0.717) is 21.1 Å². The number of aromatic amines is 1. The van der Waals surface area contributed by atoms with E-state index in [1.807, 2.05) is 0 Å². The smallest absolute Gasteiger partial charge is 0.331 e. The largest absolute Gasteiger partial charge is 0.497 e. The number of methoxy groups -OCH3 is 1. The summed E-state index contributed by atoms with van der Waals surface area (Å²) < 4.78 is 6.64. The minimum absolute atomic E-state index is 0.247. The van der Waals surface area contributed by atoms with Gasteiger partial charge in [-0.1, -0.05) is 23.2 Å². The van der Waals surface area contributed by atoms with Gasteiger partial charge in [-0.25, -0.2) is 4.79 Å². The Kier molecular flexibility index (Phi) is 3.20. The maximum atomic E-state index is 12.1. The van der Waals surface area contributed by atoms with Gasteiger partial charge in [0.2, 0.25) is 0 Å². The molecule has 0 aliphatic heterocycles. The summed E-state index contributed by atoms with van der Waals surface area (Å²) in [6, 6.07) is 10.5. The Balaban J connectivity index is 2.26. The highest BCUT2D eigenvalue weighted by Gasteiger charge is 2.11. The number of halogens is 2. The van der Waals surface area contributed by atoms with Crippen LogP contribution in [0.25, 0.3) is 16.7 Å². The number of aromatic nitrogens is 2. The van der Waals surface area contributed by atoms with E-state index in [-0.39, 0.29) is 5.69 Å². The van der Waals surface area contributed by atoms with Crippen LogP contribution in [0.5, 0.6) is 5.75 Å². The molecule has 0 bridgehead atoms. The van der Waals surface area contributed by atoms with Crippen LogP contribution in [0.2, 0.25) is 10.0 Å². The van der Waals surface area contributed by atoms with E-state index in [0.717, 1.165) is 11.4 Å². The molecule has 0 atom stereocenters. The first-order chi connectivity index (χ1) is 9.60. The summed E-state index contributed by atoms with van der Waals surface area (Å²) >= 11 is 12.0. The fraction of sp³-hybridized carbons (Fsp3) is 0.0714. The minimum Gasteiger partial charge on any atom is -0.497 e. The number of imidazole rings is 1. The lowest BCUT2D eigenvalue weighted by atomic mass is 10.2. The second kappa shape index (κ2) is 4.89. The third-order valence-electron chi connectivity index (χ3n) is 3.05. The van der Waals surface area contributed by atoms with E-state index < -0.39 is 0 Å². The second-order valence-corrected chi connectivity index (χ2v) is 5.06. The summed E-state index contributed by atoms with van der Waals surface area (Å²) in [5.41, 5.74) is 1.79. The topological polar surface area (TPSA) is 47.0 Å². The Morgan fingerprint density at radius 1 is 1.10 bits per heavy atom. The number of ether oxygens (including phenoxy) is 1. The highest BCUT2D eigenvalue weighted by atomic mass is 35.5. The van der Waals surface area contributed by atoms with Gasteiger partial charge in [0.25, 0.3) is 0 Å². The van der Waals surface area contributed by atoms with Gasteiger partial charge in [-0.05, 0) is 36.4 Å². The molecule has 1 aromatic heterocycles. The normalized spacial score (nSPS) is 10.9. The molecular formula is C14H10Cl2N2O2. The van der Waals surface area contributed by atoms with Crippen molar-refractivity contribution in [3.05, 3.63) is 56.9 Å². The van der Waals surface area contributed by atoms with Crippen molar-refractivity contribution in [2.24, 2.45) is 0 Å². The first-order valence-corrected chi connectivity index (χ1v) is 6.60. The highest BCUT2D eigenvalue weighted by molar-refractivity contribution is 6.42. The monoisotopic (exact) mass is 308 g/mol. The number of rotatable bonds is 2. The van der Waals surface area contributed by atoms with E-state index in [9.17, 15) is 4.79 Å². The quantitative estimate of drug-likeness (QED) is 0.785.